The Labute approximate surface area is 376 Å². The lowest BCUT2D eigenvalue weighted by atomic mass is 9.86. The molecule has 1 aliphatic heterocycles. The van der Waals surface area contributed by atoms with E-state index in [1.165, 1.54) is 22.7 Å². The largest absolute Gasteiger partial charge is 0.465 e. The fourth-order valence-corrected chi connectivity index (χ4v) is 9.01. The van der Waals surface area contributed by atoms with Crippen LogP contribution in [-0.4, -0.2) is 108 Å². The fourth-order valence-electron chi connectivity index (χ4n) is 7.81. The first kappa shape index (κ1) is 46.7. The van der Waals surface area contributed by atoms with Gasteiger partial charge in [0.1, 0.15) is 18.1 Å². The van der Waals surface area contributed by atoms with Gasteiger partial charge in [-0.05, 0) is 47.9 Å². The van der Waals surface area contributed by atoms with Crippen molar-refractivity contribution in [3.05, 3.63) is 123 Å². The van der Waals surface area contributed by atoms with Gasteiger partial charge in [-0.25, -0.2) is 24.6 Å². The number of urea groups is 1. The van der Waals surface area contributed by atoms with Crippen molar-refractivity contribution < 1.29 is 29.4 Å². The number of aliphatic hydroxyl groups is 1. The van der Waals surface area contributed by atoms with Crippen LogP contribution in [0, 0.1) is 18.3 Å². The lowest BCUT2D eigenvalue weighted by molar-refractivity contribution is -0.132. The summed E-state index contributed by atoms with van der Waals surface area (Å²) in [5, 5.41) is 33.6. The number of aromatic nitrogens is 3. The summed E-state index contributed by atoms with van der Waals surface area (Å²) in [5.41, 5.74) is 8.60. The van der Waals surface area contributed by atoms with E-state index in [2.05, 4.69) is 26.0 Å². The molecule has 2 aromatic carbocycles. The predicted octanol–water partition coefficient (Wildman–Crippen LogP) is 6.52. The van der Waals surface area contributed by atoms with E-state index in [1.807, 2.05) is 104 Å². The van der Waals surface area contributed by atoms with E-state index >= 15 is 0 Å². The van der Waals surface area contributed by atoms with Crippen LogP contribution in [0.5, 0.6) is 0 Å². The molecule has 1 fully saturated rings. The Hall–Kier alpha value is -5.75. The van der Waals surface area contributed by atoms with E-state index in [1.54, 1.807) is 47.3 Å². The molecular formula is C46H57N9O6S2. The summed E-state index contributed by atoms with van der Waals surface area (Å²) in [5.74, 6) is -1.26. The molecule has 5 aromatic rings. The molecule has 1 aliphatic rings. The number of aliphatic hydroxyl groups excluding tert-OH is 1. The molecule has 63 heavy (non-hydrogen) atoms. The molecular weight excluding hydrogens is 839 g/mol. The van der Waals surface area contributed by atoms with Crippen LogP contribution in [0.4, 0.5) is 9.59 Å². The van der Waals surface area contributed by atoms with Gasteiger partial charge in [0.15, 0.2) is 0 Å². The standard InChI is InChI=1S/C46H57N9O6S2/c1-7-29(2)39(54-21-22-55(45(54)61)40(36-26-62-28-48-36)37-27-63-30(3)49-37)42(57)50-35(23-31-13-9-8-10-14-31)38(56)25-53(52-43(58)41(46(4,5)6)51-44(59)60)24-32-16-18-33(19-17-32)34-15-11-12-20-47-34/h8-20,26-29,35,38-41,51,56H,7,21-25H2,1-6H3,(H,50,57)(H,52,58)(H,59,60)/t29-,35-,38-,39-,40?,41+/m0/s1. The van der Waals surface area contributed by atoms with Gasteiger partial charge >= 0.3 is 12.1 Å². The van der Waals surface area contributed by atoms with Crippen LogP contribution >= 0.6 is 22.7 Å². The van der Waals surface area contributed by atoms with Gasteiger partial charge in [0.2, 0.25) is 5.91 Å². The van der Waals surface area contributed by atoms with Crippen molar-refractivity contribution in [2.45, 2.75) is 91.2 Å². The second kappa shape index (κ2) is 21.1. The van der Waals surface area contributed by atoms with Gasteiger partial charge in [0.05, 0.1) is 39.7 Å². The highest BCUT2D eigenvalue weighted by molar-refractivity contribution is 7.09. The molecule has 334 valence electrons. The Morgan fingerprint density at radius 3 is 2.21 bits per heavy atom. The molecule has 1 unspecified atom stereocenters. The zero-order chi connectivity index (χ0) is 45.3. The number of rotatable bonds is 19. The smallest absolute Gasteiger partial charge is 0.405 e. The Kier molecular flexibility index (Phi) is 15.6. The second-order valence-electron chi connectivity index (χ2n) is 17.0. The number of hydrogen-bond donors (Lipinski definition) is 5. The maximum atomic E-state index is 14.8. The number of pyridine rings is 1. The van der Waals surface area contributed by atoms with E-state index in [0.717, 1.165) is 33.1 Å². The third-order valence-electron chi connectivity index (χ3n) is 11.3. The van der Waals surface area contributed by atoms with Crippen LogP contribution in [0.15, 0.2) is 95.3 Å². The topological polar surface area (TPSA) is 193 Å². The summed E-state index contributed by atoms with van der Waals surface area (Å²) in [6.45, 7) is 11.7. The quantitative estimate of drug-likeness (QED) is 0.0571. The normalized spacial score (nSPS) is 16.0. The van der Waals surface area contributed by atoms with Gasteiger partial charge in [-0.15, -0.1) is 22.7 Å². The first-order valence-electron chi connectivity index (χ1n) is 21.1. The van der Waals surface area contributed by atoms with Gasteiger partial charge in [0.25, 0.3) is 5.91 Å². The maximum absolute atomic E-state index is 14.8. The number of amides is 5. The van der Waals surface area contributed by atoms with Crippen molar-refractivity contribution in [2.24, 2.45) is 11.3 Å². The SMILES string of the molecule is CC[C@H](C)[C@@H](C(=O)N[C@@H](Cc1ccccc1)[C@@H](O)CN(Cc1ccc(-c2ccccn2)cc1)NC(=O)[C@@H](NC(=O)O)C(C)(C)C)N1CCN(C(c2cscn2)c2csc(C)n2)C1=O. The van der Waals surface area contributed by atoms with Gasteiger partial charge in [-0.2, -0.15) is 0 Å². The molecule has 0 radical (unpaired) electrons. The summed E-state index contributed by atoms with van der Waals surface area (Å²) in [6, 6.07) is 19.1. The van der Waals surface area contributed by atoms with Gasteiger partial charge in [-0.1, -0.05) is 102 Å². The zero-order valence-corrected chi connectivity index (χ0v) is 38.1. The number of carboxylic acid groups (broad SMARTS) is 1. The summed E-state index contributed by atoms with van der Waals surface area (Å²) >= 11 is 2.94. The average molecular weight is 896 g/mol. The van der Waals surface area contributed by atoms with Crippen LogP contribution in [0.1, 0.15) is 74.6 Å². The molecule has 3 aromatic heterocycles. The summed E-state index contributed by atoms with van der Waals surface area (Å²) in [4.78, 5) is 72.1. The molecule has 15 nitrogen and oxygen atoms in total. The minimum atomic E-state index is -1.35. The molecule has 1 saturated heterocycles. The molecule has 6 atom stereocenters. The molecule has 6 rings (SSSR count). The molecule has 17 heteroatoms. The summed E-state index contributed by atoms with van der Waals surface area (Å²) in [7, 11) is 0. The number of aryl methyl sites for hydroxylation is 1. The highest BCUT2D eigenvalue weighted by Gasteiger charge is 2.44. The van der Waals surface area contributed by atoms with Crippen molar-refractivity contribution >= 4 is 46.6 Å². The van der Waals surface area contributed by atoms with Crippen molar-refractivity contribution in [2.75, 3.05) is 19.6 Å². The minimum Gasteiger partial charge on any atom is -0.465 e. The molecule has 5 amide bonds. The monoisotopic (exact) mass is 895 g/mol. The molecule has 0 aliphatic carbocycles. The average Bonchev–Trinajstić information content (AvgIpc) is 4.03. The Morgan fingerprint density at radius 2 is 1.60 bits per heavy atom. The van der Waals surface area contributed by atoms with E-state index in [9.17, 15) is 29.4 Å². The number of nitrogens with zero attached hydrogens (tertiary/aromatic N) is 6. The fraction of sp³-hybridized carbons (Fsp3) is 0.413. The van der Waals surface area contributed by atoms with Gasteiger partial charge < -0.3 is 30.6 Å². The van der Waals surface area contributed by atoms with Crippen LogP contribution in [0.2, 0.25) is 0 Å². The zero-order valence-electron chi connectivity index (χ0n) is 36.5. The lowest BCUT2D eigenvalue weighted by Crippen LogP contribution is -2.60. The number of carbonyl (C=O) groups excluding carboxylic acids is 3. The van der Waals surface area contributed by atoms with Crippen molar-refractivity contribution in [3.63, 3.8) is 0 Å². The summed E-state index contributed by atoms with van der Waals surface area (Å²) < 4.78 is 0. The molecule has 4 heterocycles. The van der Waals surface area contributed by atoms with Crippen molar-refractivity contribution in [1.82, 2.24) is 45.8 Å². The highest BCUT2D eigenvalue weighted by atomic mass is 32.1. The maximum Gasteiger partial charge on any atom is 0.405 e. The molecule has 0 spiro atoms. The Morgan fingerprint density at radius 1 is 0.889 bits per heavy atom. The van der Waals surface area contributed by atoms with Crippen LogP contribution in [0.25, 0.3) is 11.3 Å². The Bertz CT molecular complexity index is 2270. The number of carbonyl (C=O) groups is 4. The number of hydrogen-bond acceptors (Lipinski definition) is 11. The molecule has 0 saturated carbocycles. The van der Waals surface area contributed by atoms with E-state index < -0.39 is 53.6 Å². The van der Waals surface area contributed by atoms with E-state index in [4.69, 9.17) is 4.98 Å². The van der Waals surface area contributed by atoms with Crippen LogP contribution < -0.4 is 16.1 Å². The van der Waals surface area contributed by atoms with Crippen molar-refractivity contribution in [3.8, 4) is 11.3 Å². The first-order valence-corrected chi connectivity index (χ1v) is 22.9. The minimum absolute atomic E-state index is 0.132. The first-order chi connectivity index (χ1) is 30.1. The van der Waals surface area contributed by atoms with Gasteiger partial charge in [-0.3, -0.25) is 20.0 Å². The number of benzene rings is 2. The highest BCUT2D eigenvalue weighted by Crippen LogP contribution is 2.34. The lowest BCUT2D eigenvalue weighted by Gasteiger charge is -2.36. The van der Waals surface area contributed by atoms with Crippen LogP contribution in [-0.2, 0) is 22.6 Å². The summed E-state index contributed by atoms with van der Waals surface area (Å²) in [6.07, 6.45) is -0.0434. The van der Waals surface area contributed by atoms with E-state index in [-0.39, 0.29) is 31.5 Å². The number of hydrazine groups is 1. The van der Waals surface area contributed by atoms with Gasteiger partial charge in [0, 0.05) is 48.7 Å². The Balaban J connectivity index is 1.27. The molecule has 0 bridgehead atoms. The van der Waals surface area contributed by atoms with Crippen molar-refractivity contribution in [1.29, 1.82) is 0 Å². The number of thiazole rings is 2. The number of nitrogens with one attached hydrogen (secondary N) is 3. The van der Waals surface area contributed by atoms with E-state index in [0.29, 0.717) is 25.2 Å². The predicted molar refractivity (Wildman–Crippen MR) is 244 cm³/mol. The third kappa shape index (κ3) is 12.0. The van der Waals surface area contributed by atoms with Crippen LogP contribution in [0.3, 0.4) is 0 Å². The third-order valence-corrected chi connectivity index (χ3v) is 12.7. The molecule has 5 N–H and O–H groups in total. The second-order valence-corrected chi connectivity index (χ2v) is 18.8.